The summed E-state index contributed by atoms with van der Waals surface area (Å²) in [5.74, 6) is 1.15. The Kier molecular flexibility index (Phi) is 6.89. The van der Waals surface area contributed by atoms with Crippen LogP contribution in [-0.4, -0.2) is 43.2 Å². The number of hydrogen-bond acceptors (Lipinski definition) is 6. The third kappa shape index (κ3) is 4.88. The van der Waals surface area contributed by atoms with E-state index in [1.54, 1.807) is 29.2 Å². The fourth-order valence-electron chi connectivity index (χ4n) is 3.47. The van der Waals surface area contributed by atoms with Crippen LogP contribution in [0.4, 0.5) is 11.4 Å². The second-order valence-corrected chi connectivity index (χ2v) is 7.06. The Labute approximate surface area is 180 Å². The second-order valence-electron chi connectivity index (χ2n) is 7.06. The summed E-state index contributed by atoms with van der Waals surface area (Å²) in [5.41, 5.74) is 6.90. The molecule has 3 N–H and O–H groups in total. The minimum Gasteiger partial charge on any atom is -0.484 e. The molecule has 30 heavy (non-hydrogen) atoms. The Morgan fingerprint density at radius 3 is 2.67 bits per heavy atom. The number of piperidine rings is 1. The molecule has 0 spiro atoms. The van der Waals surface area contributed by atoms with E-state index in [4.69, 9.17) is 19.9 Å². The zero-order chi connectivity index (χ0) is 20.2. The molecule has 0 aliphatic carbocycles. The van der Waals surface area contributed by atoms with Crippen LogP contribution in [0, 0.1) is 5.92 Å². The highest BCUT2D eigenvalue weighted by Crippen LogP contribution is 2.38. The molecule has 0 bridgehead atoms. The average Bonchev–Trinajstić information content (AvgIpc) is 3.20. The van der Waals surface area contributed by atoms with Crippen LogP contribution in [0.1, 0.15) is 12.8 Å². The van der Waals surface area contributed by atoms with Gasteiger partial charge in [-0.25, -0.2) is 0 Å². The van der Waals surface area contributed by atoms with Gasteiger partial charge in [0.15, 0.2) is 18.1 Å². The predicted molar refractivity (Wildman–Crippen MR) is 114 cm³/mol. The van der Waals surface area contributed by atoms with Crippen LogP contribution in [0.5, 0.6) is 17.2 Å². The summed E-state index contributed by atoms with van der Waals surface area (Å²) >= 11 is 0. The molecular weight excluding hydrogens is 410 g/mol. The first-order chi connectivity index (χ1) is 14.1. The van der Waals surface area contributed by atoms with Crippen LogP contribution >= 0.6 is 12.4 Å². The van der Waals surface area contributed by atoms with Crippen LogP contribution < -0.4 is 25.3 Å². The fraction of sp³-hybridized carbons (Fsp3) is 0.333. The van der Waals surface area contributed by atoms with Crippen molar-refractivity contribution in [3.63, 3.8) is 0 Å². The topological polar surface area (TPSA) is 103 Å². The predicted octanol–water partition coefficient (Wildman–Crippen LogP) is 2.68. The molecule has 8 nitrogen and oxygen atoms in total. The number of nitrogens with zero attached hydrogens (tertiary/aromatic N) is 1. The van der Waals surface area contributed by atoms with Crippen molar-refractivity contribution in [1.82, 2.24) is 4.90 Å². The van der Waals surface area contributed by atoms with Gasteiger partial charge < -0.3 is 30.2 Å². The number of fused-ring (bicyclic) bond motifs is 1. The van der Waals surface area contributed by atoms with Crippen molar-refractivity contribution >= 4 is 35.6 Å². The maximum atomic E-state index is 12.8. The highest BCUT2D eigenvalue weighted by atomic mass is 35.5. The minimum absolute atomic E-state index is 0. The summed E-state index contributed by atoms with van der Waals surface area (Å²) in [7, 11) is 0. The van der Waals surface area contributed by atoms with Crippen molar-refractivity contribution in [2.75, 3.05) is 37.5 Å². The molecule has 2 aromatic rings. The molecule has 4 rings (SSSR count). The Bertz CT molecular complexity index is 909. The lowest BCUT2D eigenvalue weighted by molar-refractivity contribution is -0.136. The normalized spacial score (nSPS) is 17.1. The summed E-state index contributed by atoms with van der Waals surface area (Å²) in [4.78, 5) is 26.9. The van der Waals surface area contributed by atoms with E-state index in [0.29, 0.717) is 48.1 Å². The number of nitrogens with two attached hydrogens (primary N) is 1. The van der Waals surface area contributed by atoms with E-state index in [0.717, 1.165) is 6.42 Å². The molecule has 0 aromatic heterocycles. The molecule has 9 heteroatoms. The summed E-state index contributed by atoms with van der Waals surface area (Å²) in [6.07, 6.45) is 1.46. The Balaban J connectivity index is 0.00000256. The number of amides is 2. The van der Waals surface area contributed by atoms with Crippen molar-refractivity contribution < 1.29 is 23.8 Å². The van der Waals surface area contributed by atoms with Gasteiger partial charge in [0.05, 0.1) is 17.3 Å². The van der Waals surface area contributed by atoms with E-state index in [-0.39, 0.29) is 43.5 Å². The molecule has 1 atom stereocenters. The van der Waals surface area contributed by atoms with E-state index in [2.05, 4.69) is 5.32 Å². The minimum atomic E-state index is -0.311. The van der Waals surface area contributed by atoms with Gasteiger partial charge in [-0.15, -0.1) is 12.4 Å². The number of halogens is 1. The number of nitrogens with one attached hydrogen (secondary N) is 1. The SMILES string of the molecule is Cl.Nc1cc2c(cc1NC(=O)C1CCCN(C(=O)COc3ccccc3)C1)OCO2. The maximum Gasteiger partial charge on any atom is 0.260 e. The number of carbonyl (C=O) groups is 2. The van der Waals surface area contributed by atoms with E-state index < -0.39 is 0 Å². The summed E-state index contributed by atoms with van der Waals surface area (Å²) < 4.78 is 16.2. The molecule has 1 unspecified atom stereocenters. The lowest BCUT2D eigenvalue weighted by atomic mass is 9.97. The maximum absolute atomic E-state index is 12.8. The van der Waals surface area contributed by atoms with Gasteiger partial charge in [-0.05, 0) is 25.0 Å². The molecule has 2 aliphatic rings. The van der Waals surface area contributed by atoms with Crippen LogP contribution in [-0.2, 0) is 9.59 Å². The fourth-order valence-corrected chi connectivity index (χ4v) is 3.47. The molecule has 2 heterocycles. The van der Waals surface area contributed by atoms with Gasteiger partial charge in [-0.3, -0.25) is 9.59 Å². The van der Waals surface area contributed by atoms with Crippen molar-refractivity contribution in [3.05, 3.63) is 42.5 Å². The summed E-state index contributed by atoms with van der Waals surface area (Å²) in [6.45, 7) is 1.06. The molecular formula is C21H24ClN3O5. The number of anilines is 2. The lowest BCUT2D eigenvalue weighted by Crippen LogP contribution is -2.45. The first-order valence-corrected chi connectivity index (χ1v) is 9.56. The molecule has 0 radical (unpaired) electrons. The van der Waals surface area contributed by atoms with E-state index in [1.807, 2.05) is 18.2 Å². The highest BCUT2D eigenvalue weighted by molar-refractivity contribution is 5.96. The highest BCUT2D eigenvalue weighted by Gasteiger charge is 2.29. The van der Waals surface area contributed by atoms with E-state index >= 15 is 0 Å². The van der Waals surface area contributed by atoms with Gasteiger partial charge in [-0.1, -0.05) is 18.2 Å². The molecule has 2 aliphatic heterocycles. The number of likely N-dealkylation sites (tertiary alicyclic amines) is 1. The monoisotopic (exact) mass is 433 g/mol. The van der Waals surface area contributed by atoms with E-state index in [9.17, 15) is 9.59 Å². The molecule has 1 fully saturated rings. The summed E-state index contributed by atoms with van der Waals surface area (Å²) in [5, 5.41) is 2.86. The first-order valence-electron chi connectivity index (χ1n) is 9.56. The third-order valence-electron chi connectivity index (χ3n) is 5.05. The number of hydrogen-bond donors (Lipinski definition) is 2. The molecule has 2 amide bonds. The van der Waals surface area contributed by atoms with Crippen LogP contribution in [0.2, 0.25) is 0 Å². The number of nitrogen functional groups attached to an aromatic ring is 1. The standard InChI is InChI=1S/C21H23N3O5.ClH/c22-16-9-18-19(29-13-28-18)10-17(16)23-21(26)14-5-4-8-24(11-14)20(25)12-27-15-6-2-1-3-7-15;/h1-3,6-7,9-10,14H,4-5,8,11-13,22H2,(H,23,26);1H. The van der Waals surface area contributed by atoms with Crippen molar-refractivity contribution in [3.8, 4) is 17.2 Å². The summed E-state index contributed by atoms with van der Waals surface area (Å²) in [6, 6.07) is 12.5. The van der Waals surface area contributed by atoms with Crippen molar-refractivity contribution in [2.45, 2.75) is 12.8 Å². The molecule has 160 valence electrons. The Morgan fingerprint density at radius 2 is 1.90 bits per heavy atom. The Morgan fingerprint density at radius 1 is 1.17 bits per heavy atom. The zero-order valence-electron chi connectivity index (χ0n) is 16.3. The van der Waals surface area contributed by atoms with E-state index in [1.165, 1.54) is 0 Å². The molecule has 1 saturated heterocycles. The second kappa shape index (κ2) is 9.58. The quantitative estimate of drug-likeness (QED) is 0.703. The lowest BCUT2D eigenvalue weighted by Gasteiger charge is -2.32. The van der Waals surface area contributed by atoms with Gasteiger partial charge in [-0.2, -0.15) is 0 Å². The van der Waals surface area contributed by atoms with Gasteiger partial charge in [0, 0.05) is 25.2 Å². The third-order valence-corrected chi connectivity index (χ3v) is 5.05. The van der Waals surface area contributed by atoms with Crippen molar-refractivity contribution in [2.24, 2.45) is 5.92 Å². The largest absolute Gasteiger partial charge is 0.484 e. The van der Waals surface area contributed by atoms with Gasteiger partial charge in [0.2, 0.25) is 12.7 Å². The number of benzene rings is 2. The zero-order valence-corrected chi connectivity index (χ0v) is 17.2. The smallest absolute Gasteiger partial charge is 0.260 e. The van der Waals surface area contributed by atoms with Crippen LogP contribution in [0.15, 0.2) is 42.5 Å². The van der Waals surface area contributed by atoms with Crippen molar-refractivity contribution in [1.29, 1.82) is 0 Å². The number of rotatable bonds is 5. The van der Waals surface area contributed by atoms with Gasteiger partial charge in [0.1, 0.15) is 5.75 Å². The van der Waals surface area contributed by atoms with Gasteiger partial charge >= 0.3 is 0 Å². The molecule has 0 saturated carbocycles. The number of para-hydroxylation sites is 1. The Hall–Kier alpha value is -3.13. The van der Waals surface area contributed by atoms with Gasteiger partial charge in [0.25, 0.3) is 5.91 Å². The first kappa shape index (κ1) is 21.6. The molecule has 2 aromatic carbocycles. The van der Waals surface area contributed by atoms with Crippen LogP contribution in [0.25, 0.3) is 0 Å². The number of ether oxygens (including phenoxy) is 3. The number of carbonyl (C=O) groups excluding carboxylic acids is 2. The van der Waals surface area contributed by atoms with Crippen LogP contribution in [0.3, 0.4) is 0 Å². The average molecular weight is 434 g/mol.